The third-order valence-electron chi connectivity index (χ3n) is 4.15. The van der Waals surface area contributed by atoms with Crippen LogP contribution in [0.3, 0.4) is 0 Å². The molecule has 3 heteroatoms. The zero-order valence-corrected chi connectivity index (χ0v) is 14.0. The van der Waals surface area contributed by atoms with Crippen molar-refractivity contribution in [3.63, 3.8) is 0 Å². The average molecular weight is 300 g/mol. The van der Waals surface area contributed by atoms with E-state index in [0.29, 0.717) is 0 Å². The van der Waals surface area contributed by atoms with Crippen molar-refractivity contribution < 1.29 is 0 Å². The van der Waals surface area contributed by atoms with E-state index in [1.165, 1.54) is 53.2 Å². The fraction of sp³-hybridized carbons (Fsp3) is 0.500. The number of hydrogen-bond acceptors (Lipinski definition) is 3. The molecule has 1 N–H and O–H groups in total. The topological polar surface area (TPSA) is 24.9 Å². The number of aryl methyl sites for hydroxylation is 1. The Balaban J connectivity index is 1.72. The van der Waals surface area contributed by atoms with Gasteiger partial charge >= 0.3 is 0 Å². The first-order valence-electron chi connectivity index (χ1n) is 7.83. The Bertz CT molecular complexity index is 622. The Morgan fingerprint density at radius 1 is 1.19 bits per heavy atom. The Morgan fingerprint density at radius 2 is 2.00 bits per heavy atom. The summed E-state index contributed by atoms with van der Waals surface area (Å²) in [4.78, 5) is 4.76. The predicted octanol–water partition coefficient (Wildman–Crippen LogP) is 4.93. The highest BCUT2D eigenvalue weighted by molar-refractivity contribution is 7.09. The molecule has 0 amide bonds. The molecule has 1 aliphatic rings. The van der Waals surface area contributed by atoms with Gasteiger partial charge < -0.3 is 5.32 Å². The van der Waals surface area contributed by atoms with Crippen LogP contribution in [-0.2, 0) is 24.8 Å². The molecule has 0 saturated heterocycles. The number of thiazole rings is 1. The third-order valence-corrected chi connectivity index (χ3v) is 4.99. The lowest BCUT2D eigenvalue weighted by Gasteiger charge is -2.19. The summed E-state index contributed by atoms with van der Waals surface area (Å²) in [7, 11) is 0. The van der Waals surface area contributed by atoms with Gasteiger partial charge in [-0.1, -0.05) is 32.9 Å². The minimum Gasteiger partial charge on any atom is -0.378 e. The van der Waals surface area contributed by atoms with E-state index in [1.807, 2.05) is 0 Å². The lowest BCUT2D eigenvalue weighted by Crippen LogP contribution is -2.12. The second kappa shape index (κ2) is 5.80. The van der Waals surface area contributed by atoms with Gasteiger partial charge in [-0.15, -0.1) is 11.3 Å². The van der Waals surface area contributed by atoms with E-state index < -0.39 is 0 Å². The van der Waals surface area contributed by atoms with E-state index in [0.717, 1.165) is 6.54 Å². The molecule has 0 bridgehead atoms. The second-order valence-electron chi connectivity index (χ2n) is 6.88. The van der Waals surface area contributed by atoms with Crippen molar-refractivity contribution in [2.24, 2.45) is 0 Å². The van der Waals surface area contributed by atoms with E-state index in [2.05, 4.69) is 49.7 Å². The first-order chi connectivity index (χ1) is 10.0. The van der Waals surface area contributed by atoms with Gasteiger partial charge in [0.15, 0.2) is 0 Å². The highest BCUT2D eigenvalue weighted by atomic mass is 32.1. The quantitative estimate of drug-likeness (QED) is 0.869. The predicted molar refractivity (Wildman–Crippen MR) is 91.2 cm³/mol. The summed E-state index contributed by atoms with van der Waals surface area (Å²) in [5, 5.41) is 6.97. The number of hydrogen-bond donors (Lipinski definition) is 1. The molecule has 1 aliphatic carbocycles. The number of fused-ring (bicyclic) bond motifs is 1. The number of aromatic nitrogens is 1. The molecule has 0 atom stereocenters. The number of anilines is 1. The van der Waals surface area contributed by atoms with Crippen molar-refractivity contribution >= 4 is 17.0 Å². The minimum atomic E-state index is 0.140. The first kappa shape index (κ1) is 14.6. The summed E-state index contributed by atoms with van der Waals surface area (Å²) >= 11 is 1.76. The standard InChI is InChI=1S/C18H24N2S/c1-18(2,3)16-12-21-17(20-16)11-19-15-10-6-8-13-7-4-5-9-14(13)15/h6,8,10,12,19H,4-5,7,9,11H2,1-3H3. The molecule has 3 rings (SSSR count). The van der Waals surface area contributed by atoms with Gasteiger partial charge in [0, 0.05) is 16.5 Å². The van der Waals surface area contributed by atoms with Gasteiger partial charge in [0.1, 0.15) is 5.01 Å². The highest BCUT2D eigenvalue weighted by Crippen LogP contribution is 2.29. The molecular formula is C18H24N2S. The van der Waals surface area contributed by atoms with Crippen LogP contribution >= 0.6 is 11.3 Å². The molecule has 2 aromatic rings. The van der Waals surface area contributed by atoms with Crippen molar-refractivity contribution in [2.75, 3.05) is 5.32 Å². The molecule has 2 nitrogen and oxygen atoms in total. The number of nitrogens with one attached hydrogen (secondary N) is 1. The zero-order chi connectivity index (χ0) is 14.9. The Labute approximate surface area is 131 Å². The molecule has 1 aromatic carbocycles. The molecule has 0 spiro atoms. The van der Waals surface area contributed by atoms with Crippen LogP contribution in [0.25, 0.3) is 0 Å². The molecule has 21 heavy (non-hydrogen) atoms. The van der Waals surface area contributed by atoms with Crippen molar-refractivity contribution in [2.45, 2.75) is 58.4 Å². The number of nitrogens with zero attached hydrogens (tertiary/aromatic N) is 1. The number of rotatable bonds is 3. The summed E-state index contributed by atoms with van der Waals surface area (Å²) in [6.07, 6.45) is 5.09. The molecule has 0 fully saturated rings. The van der Waals surface area contributed by atoms with Crippen molar-refractivity contribution in [1.29, 1.82) is 0 Å². The van der Waals surface area contributed by atoms with E-state index in [-0.39, 0.29) is 5.41 Å². The van der Waals surface area contributed by atoms with Crippen LogP contribution in [0.5, 0.6) is 0 Å². The largest absolute Gasteiger partial charge is 0.378 e. The maximum atomic E-state index is 4.76. The second-order valence-corrected chi connectivity index (χ2v) is 7.82. The molecule has 0 aliphatic heterocycles. The van der Waals surface area contributed by atoms with Crippen LogP contribution in [0.15, 0.2) is 23.6 Å². The Morgan fingerprint density at radius 3 is 2.76 bits per heavy atom. The van der Waals surface area contributed by atoms with Crippen LogP contribution in [0.2, 0.25) is 0 Å². The Kier molecular flexibility index (Phi) is 4.03. The average Bonchev–Trinajstić information content (AvgIpc) is 2.94. The van der Waals surface area contributed by atoms with Crippen LogP contribution in [0, 0.1) is 0 Å². The van der Waals surface area contributed by atoms with Gasteiger partial charge in [0.05, 0.1) is 12.2 Å². The van der Waals surface area contributed by atoms with Crippen molar-refractivity contribution in [3.8, 4) is 0 Å². The van der Waals surface area contributed by atoms with Crippen LogP contribution < -0.4 is 5.32 Å². The van der Waals surface area contributed by atoms with Crippen molar-refractivity contribution in [3.05, 3.63) is 45.4 Å². The van der Waals surface area contributed by atoms with Crippen molar-refractivity contribution in [1.82, 2.24) is 4.98 Å². The molecule has 0 radical (unpaired) electrons. The van der Waals surface area contributed by atoms with Gasteiger partial charge in [-0.2, -0.15) is 0 Å². The summed E-state index contributed by atoms with van der Waals surface area (Å²) in [6.45, 7) is 7.48. The fourth-order valence-electron chi connectivity index (χ4n) is 2.85. The summed E-state index contributed by atoms with van der Waals surface area (Å²) in [5.41, 5.74) is 5.69. The molecule has 1 aromatic heterocycles. The van der Waals surface area contributed by atoms with Gasteiger partial charge in [0.25, 0.3) is 0 Å². The highest BCUT2D eigenvalue weighted by Gasteiger charge is 2.17. The van der Waals surface area contributed by atoms with E-state index in [4.69, 9.17) is 4.98 Å². The third kappa shape index (κ3) is 3.29. The van der Waals surface area contributed by atoms with E-state index >= 15 is 0 Å². The Hall–Kier alpha value is -1.35. The monoisotopic (exact) mass is 300 g/mol. The zero-order valence-electron chi connectivity index (χ0n) is 13.2. The van der Waals surface area contributed by atoms with Gasteiger partial charge in [-0.3, -0.25) is 0 Å². The van der Waals surface area contributed by atoms with E-state index in [9.17, 15) is 0 Å². The van der Waals surface area contributed by atoms with Crippen LogP contribution in [0.4, 0.5) is 5.69 Å². The number of benzene rings is 1. The molecule has 112 valence electrons. The van der Waals surface area contributed by atoms with Crippen LogP contribution in [-0.4, -0.2) is 4.98 Å². The van der Waals surface area contributed by atoms with Crippen LogP contribution in [0.1, 0.15) is 55.4 Å². The SMILES string of the molecule is CC(C)(C)c1csc(CNc2cccc3c2CCCC3)n1. The normalized spacial score (nSPS) is 14.8. The lowest BCUT2D eigenvalue weighted by molar-refractivity contribution is 0.571. The molecule has 0 unspecified atom stereocenters. The molecule has 1 heterocycles. The maximum Gasteiger partial charge on any atom is 0.112 e. The lowest BCUT2D eigenvalue weighted by atomic mass is 9.90. The minimum absolute atomic E-state index is 0.140. The first-order valence-corrected chi connectivity index (χ1v) is 8.71. The van der Waals surface area contributed by atoms with Gasteiger partial charge in [0.2, 0.25) is 0 Å². The van der Waals surface area contributed by atoms with E-state index in [1.54, 1.807) is 11.3 Å². The summed E-state index contributed by atoms with van der Waals surface area (Å²) in [6, 6.07) is 6.66. The summed E-state index contributed by atoms with van der Waals surface area (Å²) in [5.74, 6) is 0. The van der Waals surface area contributed by atoms with Gasteiger partial charge in [-0.25, -0.2) is 4.98 Å². The molecule has 0 saturated carbocycles. The summed E-state index contributed by atoms with van der Waals surface area (Å²) < 4.78 is 0. The molecular weight excluding hydrogens is 276 g/mol. The van der Waals surface area contributed by atoms with Gasteiger partial charge in [-0.05, 0) is 42.9 Å². The maximum absolute atomic E-state index is 4.76. The fourth-order valence-corrected chi connectivity index (χ4v) is 3.81. The smallest absolute Gasteiger partial charge is 0.112 e.